The average Bonchev–Trinajstić information content (AvgIpc) is 3.04. The number of likely N-dealkylation sites (N-methyl/N-ethyl adjacent to an activating group) is 1. The number of quaternary nitrogens is 1. The molecule has 0 aromatic rings. The standard InChI is InChI=1S/C39H70NO8P/c1-6-8-10-11-12-13-14-15-16-17-18-19-20-21-22-23-24-25-26-27-28-29-30-32-39(42)48-37(35-45-38(41)31-9-7-2)36-47-49(43,44)46-34-33-40(3,4)5/h8,10,12-13,15-16,18-19,37H,6-7,9,11,14,17,20-36H2,1-5H3/p+1/b10-8-,13-12-,16-15-,19-18-. The zero-order valence-electron chi connectivity index (χ0n) is 31.7. The molecule has 0 aliphatic heterocycles. The van der Waals surface area contributed by atoms with E-state index in [0.29, 0.717) is 23.9 Å². The molecular formula is C39H71NO8P+. The molecule has 0 spiro atoms. The van der Waals surface area contributed by atoms with Crippen LogP contribution in [-0.2, 0) is 32.7 Å². The maximum atomic E-state index is 12.5. The van der Waals surface area contributed by atoms with E-state index < -0.39 is 32.5 Å². The average molecular weight is 713 g/mol. The van der Waals surface area contributed by atoms with Gasteiger partial charge in [0, 0.05) is 12.8 Å². The van der Waals surface area contributed by atoms with Crippen LogP contribution in [0.2, 0.25) is 0 Å². The number of nitrogens with zero attached hydrogens (tertiary/aromatic N) is 1. The maximum Gasteiger partial charge on any atom is 0.472 e. The maximum absolute atomic E-state index is 12.5. The van der Waals surface area contributed by atoms with Gasteiger partial charge in [0.25, 0.3) is 0 Å². The van der Waals surface area contributed by atoms with Gasteiger partial charge in [0.1, 0.15) is 19.8 Å². The molecule has 0 rings (SSSR count). The van der Waals surface area contributed by atoms with E-state index in [4.69, 9.17) is 18.5 Å². The van der Waals surface area contributed by atoms with Crippen molar-refractivity contribution >= 4 is 19.8 Å². The van der Waals surface area contributed by atoms with Crippen molar-refractivity contribution in [1.29, 1.82) is 0 Å². The molecule has 0 aromatic carbocycles. The lowest BCUT2D eigenvalue weighted by atomic mass is 10.0. The quantitative estimate of drug-likeness (QED) is 0.0236. The zero-order valence-corrected chi connectivity index (χ0v) is 32.6. The molecule has 0 bridgehead atoms. The largest absolute Gasteiger partial charge is 0.472 e. The van der Waals surface area contributed by atoms with Crippen LogP contribution >= 0.6 is 7.82 Å². The van der Waals surface area contributed by atoms with Gasteiger partial charge in [-0.2, -0.15) is 0 Å². The lowest BCUT2D eigenvalue weighted by Crippen LogP contribution is -2.37. The van der Waals surface area contributed by atoms with Crippen molar-refractivity contribution in [2.45, 2.75) is 142 Å². The van der Waals surface area contributed by atoms with Crippen LogP contribution in [0.1, 0.15) is 136 Å². The summed E-state index contributed by atoms with van der Waals surface area (Å²) in [4.78, 5) is 34.5. The van der Waals surface area contributed by atoms with E-state index in [9.17, 15) is 19.0 Å². The topological polar surface area (TPSA) is 108 Å². The summed E-state index contributed by atoms with van der Waals surface area (Å²) in [6.45, 7) is 4.02. The van der Waals surface area contributed by atoms with Crippen LogP contribution in [0.5, 0.6) is 0 Å². The molecule has 0 aliphatic rings. The molecule has 0 aromatic heterocycles. The minimum Gasteiger partial charge on any atom is -0.462 e. The van der Waals surface area contributed by atoms with Gasteiger partial charge in [-0.15, -0.1) is 0 Å². The molecule has 0 heterocycles. The summed E-state index contributed by atoms with van der Waals surface area (Å²) < 4.78 is 33.7. The molecule has 2 unspecified atom stereocenters. The summed E-state index contributed by atoms with van der Waals surface area (Å²) in [5, 5.41) is 0. The number of rotatable bonds is 33. The highest BCUT2D eigenvalue weighted by molar-refractivity contribution is 7.47. The predicted octanol–water partition coefficient (Wildman–Crippen LogP) is 9.96. The van der Waals surface area contributed by atoms with Crippen LogP contribution in [0.15, 0.2) is 48.6 Å². The smallest absolute Gasteiger partial charge is 0.462 e. The third-order valence-corrected chi connectivity index (χ3v) is 8.61. The molecule has 10 heteroatoms. The first-order chi connectivity index (χ1) is 23.5. The fourth-order valence-electron chi connectivity index (χ4n) is 4.63. The molecule has 0 fully saturated rings. The van der Waals surface area contributed by atoms with Crippen LogP contribution in [0, 0.1) is 0 Å². The van der Waals surface area contributed by atoms with Crippen molar-refractivity contribution in [1.82, 2.24) is 0 Å². The summed E-state index contributed by atoms with van der Waals surface area (Å²) in [5.41, 5.74) is 0. The Morgan fingerprint density at radius 1 is 0.653 bits per heavy atom. The van der Waals surface area contributed by atoms with Gasteiger partial charge >= 0.3 is 19.8 Å². The number of allylic oxidation sites excluding steroid dienone is 8. The van der Waals surface area contributed by atoms with Crippen LogP contribution in [-0.4, -0.2) is 74.9 Å². The van der Waals surface area contributed by atoms with E-state index in [1.54, 1.807) is 0 Å². The van der Waals surface area contributed by atoms with E-state index in [1.165, 1.54) is 38.5 Å². The highest BCUT2D eigenvalue weighted by Crippen LogP contribution is 2.43. The Morgan fingerprint density at radius 3 is 1.71 bits per heavy atom. The normalized spacial score (nSPS) is 14.3. The van der Waals surface area contributed by atoms with E-state index in [2.05, 4.69) is 55.5 Å². The summed E-state index contributed by atoms with van der Waals surface area (Å²) >= 11 is 0. The van der Waals surface area contributed by atoms with Crippen molar-refractivity contribution in [3.8, 4) is 0 Å². The van der Waals surface area contributed by atoms with Gasteiger partial charge in [-0.05, 0) is 51.4 Å². The first kappa shape index (κ1) is 47.0. The van der Waals surface area contributed by atoms with E-state index in [1.807, 2.05) is 28.1 Å². The number of unbranched alkanes of at least 4 members (excludes halogenated alkanes) is 11. The SMILES string of the molecule is CC/C=C\C/C=C\C/C=C\C/C=C\CCCCCCCCCCCCC(=O)OC(COC(=O)CCCC)COP(=O)(O)OCC[N+](C)(C)C. The number of carbonyl (C=O) groups is 2. The van der Waals surface area contributed by atoms with Gasteiger partial charge in [0.15, 0.2) is 6.10 Å². The first-order valence-corrected chi connectivity index (χ1v) is 20.4. The second-order valence-electron chi connectivity index (χ2n) is 13.6. The van der Waals surface area contributed by atoms with Crippen LogP contribution in [0.4, 0.5) is 0 Å². The molecule has 0 radical (unpaired) electrons. The molecule has 0 amide bonds. The monoisotopic (exact) mass is 712 g/mol. The first-order valence-electron chi connectivity index (χ1n) is 18.9. The fraction of sp³-hybridized carbons (Fsp3) is 0.744. The van der Waals surface area contributed by atoms with Crippen molar-refractivity contribution in [3.05, 3.63) is 48.6 Å². The molecule has 284 valence electrons. The highest BCUT2D eigenvalue weighted by Gasteiger charge is 2.27. The van der Waals surface area contributed by atoms with Gasteiger partial charge in [-0.25, -0.2) is 4.57 Å². The fourth-order valence-corrected chi connectivity index (χ4v) is 5.37. The number of carbonyl (C=O) groups excluding carboxylic acids is 2. The van der Waals surface area contributed by atoms with Gasteiger partial charge in [-0.3, -0.25) is 18.6 Å². The Kier molecular flexibility index (Phi) is 30.6. The minimum absolute atomic E-state index is 0.0288. The van der Waals surface area contributed by atoms with Gasteiger partial charge < -0.3 is 18.9 Å². The Hall–Kier alpha value is -2.03. The Labute approximate surface area is 299 Å². The van der Waals surface area contributed by atoms with Gasteiger partial charge in [0.2, 0.25) is 0 Å². The summed E-state index contributed by atoms with van der Waals surface area (Å²) in [6.07, 6.45) is 35.7. The Morgan fingerprint density at radius 2 is 1.16 bits per heavy atom. The third kappa shape index (κ3) is 35.6. The number of phosphoric ester groups is 1. The second kappa shape index (κ2) is 31.9. The summed E-state index contributed by atoms with van der Waals surface area (Å²) in [6, 6.07) is 0. The summed E-state index contributed by atoms with van der Waals surface area (Å²) in [7, 11) is 1.46. The molecule has 2 atom stereocenters. The number of hydrogen-bond donors (Lipinski definition) is 1. The van der Waals surface area contributed by atoms with E-state index in [0.717, 1.165) is 57.8 Å². The van der Waals surface area contributed by atoms with Gasteiger partial charge in [-0.1, -0.05) is 120 Å². The zero-order chi connectivity index (χ0) is 36.5. The Bertz CT molecular complexity index is 986. The number of esters is 2. The number of ether oxygens (including phenoxy) is 2. The third-order valence-electron chi connectivity index (χ3n) is 7.62. The Balaban J connectivity index is 4.05. The second-order valence-corrected chi connectivity index (χ2v) is 15.0. The molecule has 0 aliphatic carbocycles. The molecule has 0 saturated heterocycles. The van der Waals surface area contributed by atoms with Crippen molar-refractivity contribution in [2.24, 2.45) is 0 Å². The van der Waals surface area contributed by atoms with Crippen molar-refractivity contribution < 1.29 is 42.1 Å². The summed E-state index contributed by atoms with van der Waals surface area (Å²) in [5.74, 6) is -0.849. The predicted molar refractivity (Wildman–Crippen MR) is 201 cm³/mol. The van der Waals surface area contributed by atoms with Crippen LogP contribution in [0.3, 0.4) is 0 Å². The molecule has 9 nitrogen and oxygen atoms in total. The minimum atomic E-state index is -4.35. The van der Waals surface area contributed by atoms with Crippen molar-refractivity contribution in [2.75, 3.05) is 47.5 Å². The van der Waals surface area contributed by atoms with Gasteiger partial charge in [0.05, 0.1) is 27.7 Å². The van der Waals surface area contributed by atoms with E-state index in [-0.39, 0.29) is 26.1 Å². The van der Waals surface area contributed by atoms with Crippen LogP contribution < -0.4 is 0 Å². The number of hydrogen-bond acceptors (Lipinski definition) is 7. The van der Waals surface area contributed by atoms with Crippen LogP contribution in [0.25, 0.3) is 0 Å². The molecular weight excluding hydrogens is 641 g/mol. The molecule has 0 saturated carbocycles. The van der Waals surface area contributed by atoms with Crippen molar-refractivity contribution in [3.63, 3.8) is 0 Å². The molecule has 1 N–H and O–H groups in total. The molecule has 49 heavy (non-hydrogen) atoms. The lowest BCUT2D eigenvalue weighted by Gasteiger charge is -2.24. The lowest BCUT2D eigenvalue weighted by molar-refractivity contribution is -0.870. The highest BCUT2D eigenvalue weighted by atomic mass is 31.2. The van der Waals surface area contributed by atoms with E-state index >= 15 is 0 Å². The number of phosphoric acid groups is 1.